The highest BCUT2D eigenvalue weighted by Gasteiger charge is 2.31. The fraction of sp³-hybridized carbons (Fsp3) is 0.312. The number of carboxylic acids is 1. The number of carboxylic acid groups (broad SMARTS) is 1. The summed E-state index contributed by atoms with van der Waals surface area (Å²) in [6.45, 7) is 0. The van der Waals surface area contributed by atoms with Gasteiger partial charge in [0.25, 0.3) is 0 Å². The summed E-state index contributed by atoms with van der Waals surface area (Å²) in [7, 11) is 0. The highest BCUT2D eigenvalue weighted by Crippen LogP contribution is 2.28. The predicted molar refractivity (Wildman–Crippen MR) is 96.9 cm³/mol. The molecule has 1 heterocycles. The molecule has 0 amide bonds. The molecule has 1 aromatic carbocycles. The summed E-state index contributed by atoms with van der Waals surface area (Å²) >= 11 is 1.25. The number of thiazole rings is 1. The number of hydrogen-bond donors (Lipinski definition) is 1. The Kier molecular flexibility index (Phi) is 9.36. The van der Waals surface area contributed by atoms with Gasteiger partial charge in [0.15, 0.2) is 0 Å². The lowest BCUT2D eigenvalue weighted by atomic mass is 10.1. The van der Waals surface area contributed by atoms with Crippen LogP contribution in [0.15, 0.2) is 29.6 Å². The standard InChI is InChI=1S/C15H12F3NO4S.CH4.H2S/c16-15(17,18)23-12-4-1-9(2-5-12)14-19-10(8-24-14)7-11(20)3-6-13(21)22;;/h1-2,4-5,8H,3,6-7H2,(H,21,22);1H4;1H2. The molecule has 0 saturated carbocycles. The normalized spacial score (nSPS) is 10.4. The SMILES string of the molecule is C.O=C(O)CCC(=O)Cc1csc(-c2ccc(OC(F)(F)F)cc2)n1.S. The van der Waals surface area contributed by atoms with E-state index in [9.17, 15) is 22.8 Å². The Morgan fingerprint density at radius 3 is 2.31 bits per heavy atom. The maximum atomic E-state index is 12.1. The van der Waals surface area contributed by atoms with Crippen LogP contribution in [0.5, 0.6) is 5.75 Å². The van der Waals surface area contributed by atoms with Gasteiger partial charge in [-0.05, 0) is 24.3 Å². The van der Waals surface area contributed by atoms with E-state index in [0.29, 0.717) is 16.3 Å². The molecule has 1 aromatic heterocycles. The first-order chi connectivity index (χ1) is 11.2. The number of rotatable bonds is 7. The minimum absolute atomic E-state index is 0. The second-order valence-electron chi connectivity index (χ2n) is 4.83. The molecule has 0 atom stereocenters. The first-order valence-corrected chi connectivity index (χ1v) is 7.65. The molecule has 0 aliphatic heterocycles. The molecular weight excluding hydrogens is 391 g/mol. The van der Waals surface area contributed by atoms with Crippen LogP contribution in [-0.4, -0.2) is 28.2 Å². The zero-order valence-electron chi connectivity index (χ0n) is 12.7. The summed E-state index contributed by atoms with van der Waals surface area (Å²) in [6, 6.07) is 5.25. The second-order valence-corrected chi connectivity index (χ2v) is 5.68. The summed E-state index contributed by atoms with van der Waals surface area (Å²) in [5.74, 6) is -1.60. The van der Waals surface area contributed by atoms with Crippen LogP contribution in [0, 0.1) is 0 Å². The van der Waals surface area contributed by atoms with Gasteiger partial charge in [0.05, 0.1) is 12.1 Å². The molecule has 0 fully saturated rings. The molecular formula is C16H18F3NO4S2. The van der Waals surface area contributed by atoms with Gasteiger partial charge >= 0.3 is 12.3 Å². The Bertz CT molecular complexity index is 730. The van der Waals surface area contributed by atoms with Crippen molar-refractivity contribution >= 4 is 36.6 Å². The zero-order valence-corrected chi connectivity index (χ0v) is 14.5. The minimum atomic E-state index is -4.74. The van der Waals surface area contributed by atoms with E-state index < -0.39 is 12.3 Å². The van der Waals surface area contributed by atoms with E-state index in [0.717, 1.165) is 0 Å². The summed E-state index contributed by atoms with van der Waals surface area (Å²) in [5, 5.41) is 10.7. The van der Waals surface area contributed by atoms with E-state index in [1.165, 1.54) is 35.6 Å². The van der Waals surface area contributed by atoms with Gasteiger partial charge in [-0.25, -0.2) is 4.98 Å². The van der Waals surface area contributed by atoms with Crippen molar-refractivity contribution in [1.82, 2.24) is 4.98 Å². The second kappa shape index (κ2) is 10.2. The molecule has 1 N–H and O–H groups in total. The average Bonchev–Trinajstić information content (AvgIpc) is 2.92. The molecule has 0 spiro atoms. The van der Waals surface area contributed by atoms with Crippen molar-refractivity contribution in [1.29, 1.82) is 0 Å². The van der Waals surface area contributed by atoms with Gasteiger partial charge in [-0.3, -0.25) is 9.59 Å². The smallest absolute Gasteiger partial charge is 0.481 e. The lowest BCUT2D eigenvalue weighted by Crippen LogP contribution is -2.16. The van der Waals surface area contributed by atoms with Crippen LogP contribution in [0.3, 0.4) is 0 Å². The number of aromatic nitrogens is 1. The van der Waals surface area contributed by atoms with Crippen LogP contribution in [0.4, 0.5) is 13.2 Å². The van der Waals surface area contributed by atoms with E-state index in [4.69, 9.17) is 5.11 Å². The van der Waals surface area contributed by atoms with Crippen LogP contribution in [0.1, 0.15) is 26.0 Å². The molecule has 2 aromatic rings. The highest BCUT2D eigenvalue weighted by molar-refractivity contribution is 7.59. The van der Waals surface area contributed by atoms with E-state index in [2.05, 4.69) is 9.72 Å². The van der Waals surface area contributed by atoms with Crippen molar-refractivity contribution in [3.63, 3.8) is 0 Å². The number of aliphatic carboxylic acids is 1. The maximum Gasteiger partial charge on any atom is 0.573 e. The Balaban J connectivity index is 0.00000312. The third-order valence-corrected chi connectivity index (χ3v) is 3.82. The molecule has 26 heavy (non-hydrogen) atoms. The van der Waals surface area contributed by atoms with Crippen molar-refractivity contribution < 1.29 is 32.6 Å². The fourth-order valence-electron chi connectivity index (χ4n) is 1.86. The third kappa shape index (κ3) is 7.87. The van der Waals surface area contributed by atoms with Crippen LogP contribution < -0.4 is 4.74 Å². The number of ketones is 1. The molecule has 5 nitrogen and oxygen atoms in total. The number of nitrogens with zero attached hydrogens (tertiary/aromatic N) is 1. The summed E-state index contributed by atoms with van der Waals surface area (Å²) < 4.78 is 40.1. The number of benzene rings is 1. The predicted octanol–water partition coefficient (Wildman–Crippen LogP) is 4.43. The summed E-state index contributed by atoms with van der Waals surface area (Å²) in [5.41, 5.74) is 1.10. The number of alkyl halides is 3. The number of carbonyl (C=O) groups excluding carboxylic acids is 1. The number of Topliss-reactive ketones (excluding diaryl/α,β-unsaturated/α-hetero) is 1. The van der Waals surface area contributed by atoms with E-state index >= 15 is 0 Å². The molecule has 0 aliphatic carbocycles. The van der Waals surface area contributed by atoms with Crippen molar-refractivity contribution in [3.05, 3.63) is 35.3 Å². The molecule has 10 heteroatoms. The van der Waals surface area contributed by atoms with Gasteiger partial charge in [0, 0.05) is 23.8 Å². The Hall–Kier alpha value is -2.07. The van der Waals surface area contributed by atoms with Gasteiger partial charge < -0.3 is 9.84 Å². The molecule has 0 bridgehead atoms. The maximum absolute atomic E-state index is 12.1. The monoisotopic (exact) mass is 409 g/mol. The first-order valence-electron chi connectivity index (χ1n) is 6.77. The molecule has 0 aliphatic rings. The average molecular weight is 409 g/mol. The quantitative estimate of drug-likeness (QED) is 0.732. The molecule has 0 radical (unpaired) electrons. The lowest BCUT2D eigenvalue weighted by molar-refractivity contribution is -0.274. The third-order valence-electron chi connectivity index (χ3n) is 2.88. The fourth-order valence-corrected chi connectivity index (χ4v) is 2.68. The largest absolute Gasteiger partial charge is 0.573 e. The van der Waals surface area contributed by atoms with Crippen LogP contribution >= 0.6 is 24.8 Å². The van der Waals surface area contributed by atoms with Crippen LogP contribution in [-0.2, 0) is 16.0 Å². The van der Waals surface area contributed by atoms with E-state index in [-0.39, 0.29) is 51.7 Å². The van der Waals surface area contributed by atoms with Crippen LogP contribution in [0.2, 0.25) is 0 Å². The molecule has 2 rings (SSSR count). The lowest BCUT2D eigenvalue weighted by Gasteiger charge is -2.08. The van der Waals surface area contributed by atoms with Crippen molar-refractivity contribution in [2.24, 2.45) is 0 Å². The van der Waals surface area contributed by atoms with Gasteiger partial charge in [-0.2, -0.15) is 13.5 Å². The highest BCUT2D eigenvalue weighted by atomic mass is 32.1. The molecule has 0 unspecified atom stereocenters. The van der Waals surface area contributed by atoms with Crippen molar-refractivity contribution in [3.8, 4) is 16.3 Å². The number of halogens is 3. The molecule has 144 valence electrons. The number of hydrogen-bond acceptors (Lipinski definition) is 5. The van der Waals surface area contributed by atoms with Crippen molar-refractivity contribution in [2.75, 3.05) is 0 Å². The minimum Gasteiger partial charge on any atom is -0.481 e. The van der Waals surface area contributed by atoms with Gasteiger partial charge in [0.2, 0.25) is 0 Å². The number of ether oxygens (including phenoxy) is 1. The van der Waals surface area contributed by atoms with Gasteiger partial charge in [-0.15, -0.1) is 24.5 Å². The van der Waals surface area contributed by atoms with E-state index in [1.54, 1.807) is 5.38 Å². The number of carbonyl (C=O) groups is 2. The first kappa shape index (κ1) is 23.9. The zero-order chi connectivity index (χ0) is 17.7. The summed E-state index contributed by atoms with van der Waals surface area (Å²) in [4.78, 5) is 26.3. The Morgan fingerprint density at radius 2 is 1.77 bits per heavy atom. The van der Waals surface area contributed by atoms with Gasteiger partial charge in [0.1, 0.15) is 16.5 Å². The Labute approximate surface area is 159 Å². The van der Waals surface area contributed by atoms with Gasteiger partial charge in [-0.1, -0.05) is 7.43 Å². The van der Waals surface area contributed by atoms with Crippen LogP contribution in [0.25, 0.3) is 10.6 Å². The molecule has 0 saturated heterocycles. The van der Waals surface area contributed by atoms with E-state index in [1.807, 2.05) is 0 Å². The topological polar surface area (TPSA) is 76.5 Å². The van der Waals surface area contributed by atoms with Crippen molar-refractivity contribution in [2.45, 2.75) is 33.1 Å². The Morgan fingerprint density at radius 1 is 1.15 bits per heavy atom. The summed E-state index contributed by atoms with van der Waals surface area (Å²) in [6.07, 6.45) is -5.01.